The fourth-order valence-electron chi connectivity index (χ4n) is 5.09. The van der Waals surface area contributed by atoms with Gasteiger partial charge in [0, 0.05) is 53.2 Å². The quantitative estimate of drug-likeness (QED) is 0.0732. The first-order valence-electron chi connectivity index (χ1n) is 14.9. The van der Waals surface area contributed by atoms with Gasteiger partial charge < -0.3 is 32.3 Å². The molecule has 0 radical (unpaired) electrons. The molecule has 232 valence electrons. The number of urea groups is 1. The van der Waals surface area contributed by atoms with Crippen molar-refractivity contribution in [1.82, 2.24) is 20.3 Å². The van der Waals surface area contributed by atoms with Crippen LogP contribution in [0.3, 0.4) is 0 Å². The number of anilines is 1. The molecule has 0 bridgehead atoms. The summed E-state index contributed by atoms with van der Waals surface area (Å²) in [4.78, 5) is 15.9. The Hall–Kier alpha value is -4.25. The number of carbonyl (C=O) groups is 1. The maximum absolute atomic E-state index is 12.5. The lowest BCUT2D eigenvalue weighted by Crippen LogP contribution is -2.49. The minimum absolute atomic E-state index is 0.0486. The summed E-state index contributed by atoms with van der Waals surface area (Å²) in [6, 6.07) is 25.7. The maximum atomic E-state index is 12.5. The molecule has 0 unspecified atom stereocenters. The third-order valence-corrected chi connectivity index (χ3v) is 8.42. The van der Waals surface area contributed by atoms with E-state index in [-0.39, 0.29) is 24.0 Å². The molecule has 1 atom stereocenters. The van der Waals surface area contributed by atoms with Crippen molar-refractivity contribution in [2.75, 3.05) is 25.0 Å². The molecule has 0 spiro atoms. The lowest BCUT2D eigenvalue weighted by molar-refractivity contribution is 0.212. The number of nitrogens with two attached hydrogens (primary N) is 2. The molecule has 1 fully saturated rings. The van der Waals surface area contributed by atoms with Gasteiger partial charge in [-0.3, -0.25) is 10.1 Å². The molecule has 2 amide bonds. The van der Waals surface area contributed by atoms with E-state index in [1.807, 2.05) is 60.7 Å². The van der Waals surface area contributed by atoms with Crippen molar-refractivity contribution < 1.29 is 4.79 Å². The predicted octanol–water partition coefficient (Wildman–Crippen LogP) is 4.93. The van der Waals surface area contributed by atoms with Crippen LogP contribution in [0, 0.1) is 5.41 Å². The van der Waals surface area contributed by atoms with Gasteiger partial charge in [0.2, 0.25) is 0 Å². The zero-order valence-corrected chi connectivity index (χ0v) is 26.0. The van der Waals surface area contributed by atoms with Crippen LogP contribution in [0.25, 0.3) is 0 Å². The second kappa shape index (κ2) is 16.6. The average molecular weight is 613 g/mol. The van der Waals surface area contributed by atoms with Gasteiger partial charge in [0.1, 0.15) is 5.84 Å². The summed E-state index contributed by atoms with van der Waals surface area (Å²) in [5.74, 6) is 0.0486. The SMILES string of the molecule is C=C(CCN)Nc1cccc(SN[C@@H](Cc2cccc(C(=N)N)c2)C(=C)N2CCC(NC(=O)NCc3ccccc3)CC2)c1. The highest BCUT2D eigenvalue weighted by Crippen LogP contribution is 2.25. The second-order valence-electron chi connectivity index (χ2n) is 11.0. The topological polar surface area (TPSA) is 144 Å². The molecule has 0 aliphatic carbocycles. The van der Waals surface area contributed by atoms with E-state index in [0.29, 0.717) is 31.5 Å². The molecule has 3 aromatic carbocycles. The molecule has 1 heterocycles. The predicted molar refractivity (Wildman–Crippen MR) is 182 cm³/mol. The van der Waals surface area contributed by atoms with Crippen molar-refractivity contribution >= 4 is 29.5 Å². The van der Waals surface area contributed by atoms with Crippen molar-refractivity contribution in [3.8, 4) is 0 Å². The van der Waals surface area contributed by atoms with Crippen LogP contribution in [0.4, 0.5) is 10.5 Å². The van der Waals surface area contributed by atoms with E-state index >= 15 is 0 Å². The van der Waals surface area contributed by atoms with E-state index in [2.05, 4.69) is 56.9 Å². The molecule has 1 aliphatic heterocycles. The van der Waals surface area contributed by atoms with Gasteiger partial charge in [-0.1, -0.05) is 67.8 Å². The monoisotopic (exact) mass is 612 g/mol. The van der Waals surface area contributed by atoms with Crippen LogP contribution < -0.4 is 32.1 Å². The summed E-state index contributed by atoms with van der Waals surface area (Å²) in [6.07, 6.45) is 3.05. The van der Waals surface area contributed by atoms with Gasteiger partial charge in [0.15, 0.2) is 0 Å². The van der Waals surface area contributed by atoms with Crippen LogP contribution in [0.2, 0.25) is 0 Å². The van der Waals surface area contributed by atoms with Crippen molar-refractivity contribution in [3.05, 3.63) is 120 Å². The fraction of sp³-hybridized carbons (Fsp3) is 0.294. The molecule has 1 saturated heterocycles. The Kier molecular flexibility index (Phi) is 12.3. The number of likely N-dealkylation sites (tertiary alicyclic amines) is 1. The summed E-state index contributed by atoms with van der Waals surface area (Å²) in [5.41, 5.74) is 17.1. The smallest absolute Gasteiger partial charge is 0.315 e. The Morgan fingerprint density at radius 2 is 1.73 bits per heavy atom. The molecule has 3 aromatic rings. The van der Waals surface area contributed by atoms with E-state index in [1.165, 1.54) is 0 Å². The number of amidine groups is 1. The Labute approximate surface area is 265 Å². The van der Waals surface area contributed by atoms with E-state index in [4.69, 9.17) is 16.9 Å². The summed E-state index contributed by atoms with van der Waals surface area (Å²) in [5, 5.41) is 17.3. The Morgan fingerprint density at radius 1 is 1.00 bits per heavy atom. The third kappa shape index (κ3) is 10.2. The van der Waals surface area contributed by atoms with Gasteiger partial charge in [-0.2, -0.15) is 0 Å². The van der Waals surface area contributed by atoms with E-state index in [9.17, 15) is 4.79 Å². The second-order valence-corrected chi connectivity index (χ2v) is 11.9. The molecular formula is C34H44N8OS. The highest BCUT2D eigenvalue weighted by Gasteiger charge is 2.25. The number of hydrogen-bond donors (Lipinski definition) is 7. The number of rotatable bonds is 15. The van der Waals surface area contributed by atoms with Gasteiger partial charge in [0.05, 0.1) is 6.04 Å². The molecule has 44 heavy (non-hydrogen) atoms. The maximum Gasteiger partial charge on any atom is 0.315 e. The number of carbonyl (C=O) groups excluding carboxylic acids is 1. The standard InChI is InChI=1S/C34H44N8OS/c1-24(14-17-35)39-30-12-7-13-31(22-30)44-41-32(21-27-10-6-11-28(20-27)33(36)37)25(2)42-18-15-29(16-19-42)40-34(43)38-23-26-8-4-3-5-9-26/h3-13,20,22,29,32,39,41H,1-2,14-19,21,23,35H2,(H3,36,37)(H2,38,40,43)/t32-/m0/s1. The van der Waals surface area contributed by atoms with Gasteiger partial charge in [-0.25, -0.2) is 4.79 Å². The highest BCUT2D eigenvalue weighted by molar-refractivity contribution is 7.97. The first-order chi connectivity index (χ1) is 21.3. The molecule has 10 heteroatoms. The number of benzene rings is 3. The first kappa shape index (κ1) is 32.7. The number of hydrogen-bond acceptors (Lipinski definition) is 7. The van der Waals surface area contributed by atoms with Crippen LogP contribution in [-0.2, 0) is 13.0 Å². The van der Waals surface area contributed by atoms with Crippen LogP contribution in [0.5, 0.6) is 0 Å². The molecule has 0 aromatic heterocycles. The largest absolute Gasteiger partial charge is 0.384 e. The lowest BCUT2D eigenvalue weighted by atomic mass is 9.99. The zero-order chi connectivity index (χ0) is 31.3. The normalized spacial score (nSPS) is 14.0. The Bertz CT molecular complexity index is 1420. The molecule has 1 aliphatic rings. The summed E-state index contributed by atoms with van der Waals surface area (Å²) < 4.78 is 3.65. The summed E-state index contributed by atoms with van der Waals surface area (Å²) in [6.45, 7) is 11.2. The summed E-state index contributed by atoms with van der Waals surface area (Å²) >= 11 is 1.55. The first-order valence-corrected chi connectivity index (χ1v) is 15.7. The number of nitrogen functional groups attached to an aromatic ring is 1. The zero-order valence-electron chi connectivity index (χ0n) is 25.1. The van der Waals surface area contributed by atoms with E-state index in [1.54, 1.807) is 11.9 Å². The van der Waals surface area contributed by atoms with Crippen LogP contribution in [-0.4, -0.2) is 48.5 Å². The van der Waals surface area contributed by atoms with Gasteiger partial charge >= 0.3 is 6.03 Å². The molecule has 0 saturated carbocycles. The molecule has 9 N–H and O–H groups in total. The van der Waals surface area contributed by atoms with E-state index in [0.717, 1.165) is 59.0 Å². The van der Waals surface area contributed by atoms with Crippen molar-refractivity contribution in [1.29, 1.82) is 5.41 Å². The number of nitrogens with one attached hydrogen (secondary N) is 5. The molecule has 9 nitrogen and oxygen atoms in total. The van der Waals surface area contributed by atoms with Crippen LogP contribution in [0.15, 0.2) is 108 Å². The average Bonchev–Trinajstić information content (AvgIpc) is 3.03. The summed E-state index contributed by atoms with van der Waals surface area (Å²) in [7, 11) is 0. The lowest BCUT2D eigenvalue weighted by Gasteiger charge is -2.38. The fourth-order valence-corrected chi connectivity index (χ4v) is 5.92. The number of nitrogens with zero attached hydrogens (tertiary/aromatic N) is 1. The van der Waals surface area contributed by atoms with E-state index < -0.39 is 0 Å². The molecule has 4 rings (SSSR count). The highest BCUT2D eigenvalue weighted by atomic mass is 32.2. The Morgan fingerprint density at radius 3 is 2.45 bits per heavy atom. The van der Waals surface area contributed by atoms with Crippen molar-refractivity contribution in [3.63, 3.8) is 0 Å². The van der Waals surface area contributed by atoms with Gasteiger partial charge in [-0.15, -0.1) is 0 Å². The van der Waals surface area contributed by atoms with Crippen molar-refractivity contribution in [2.24, 2.45) is 11.5 Å². The number of piperidine rings is 1. The van der Waals surface area contributed by atoms with Gasteiger partial charge in [-0.05, 0) is 79.6 Å². The van der Waals surface area contributed by atoms with Crippen molar-refractivity contribution in [2.45, 2.75) is 49.2 Å². The third-order valence-electron chi connectivity index (χ3n) is 7.53. The van der Waals surface area contributed by atoms with Crippen LogP contribution >= 0.6 is 11.9 Å². The number of amides is 2. The molecular weight excluding hydrogens is 568 g/mol. The Balaban J connectivity index is 1.37. The minimum Gasteiger partial charge on any atom is -0.384 e. The minimum atomic E-state index is -0.143. The van der Waals surface area contributed by atoms with Crippen LogP contribution in [0.1, 0.15) is 36.0 Å². The van der Waals surface area contributed by atoms with Gasteiger partial charge in [0.25, 0.3) is 0 Å².